The number of hydrogen-bond donors (Lipinski definition) is 1. The lowest BCUT2D eigenvalue weighted by atomic mass is 10.1. The Morgan fingerprint density at radius 3 is 2.94 bits per heavy atom. The van der Waals surface area contributed by atoms with Gasteiger partial charge in [-0.1, -0.05) is 28.8 Å². The van der Waals surface area contributed by atoms with Crippen molar-refractivity contribution in [1.82, 2.24) is 0 Å². The molecule has 96 valence electrons. The van der Waals surface area contributed by atoms with Gasteiger partial charge in [0, 0.05) is 11.0 Å². The van der Waals surface area contributed by atoms with Gasteiger partial charge in [-0.15, -0.1) is 0 Å². The highest BCUT2D eigenvalue weighted by Gasteiger charge is 2.22. The lowest BCUT2D eigenvalue weighted by Crippen LogP contribution is -2.38. The molecule has 0 saturated carbocycles. The summed E-state index contributed by atoms with van der Waals surface area (Å²) >= 11 is 3.45. The van der Waals surface area contributed by atoms with Crippen LogP contribution in [0.4, 0.5) is 5.69 Å². The molecular weight excluding hydrogens is 292 g/mol. The lowest BCUT2D eigenvalue weighted by Gasteiger charge is -2.31. The Morgan fingerprint density at radius 2 is 2.22 bits per heavy atom. The number of nitriles is 1. The van der Waals surface area contributed by atoms with Crippen molar-refractivity contribution >= 4 is 21.6 Å². The maximum atomic E-state index is 9.54. The van der Waals surface area contributed by atoms with Crippen LogP contribution < -0.4 is 4.90 Å². The summed E-state index contributed by atoms with van der Waals surface area (Å²) < 4.78 is 0.970. The van der Waals surface area contributed by atoms with Crippen molar-refractivity contribution < 1.29 is 5.11 Å². The third kappa shape index (κ3) is 2.85. The minimum atomic E-state index is 0.133. The van der Waals surface area contributed by atoms with Gasteiger partial charge in [0.15, 0.2) is 0 Å². The number of nitrogens with zero attached hydrogens (tertiary/aromatic N) is 2. The molecule has 2 rings (SSSR count). The van der Waals surface area contributed by atoms with E-state index in [4.69, 9.17) is 0 Å². The Morgan fingerprint density at radius 1 is 1.39 bits per heavy atom. The van der Waals surface area contributed by atoms with Crippen molar-refractivity contribution in [2.24, 2.45) is 0 Å². The number of anilines is 1. The molecule has 1 aliphatic rings. The molecule has 4 heteroatoms. The third-order valence-corrected chi connectivity index (χ3v) is 3.97. The summed E-state index contributed by atoms with van der Waals surface area (Å²) in [5.41, 5.74) is 1.62. The quantitative estimate of drug-likeness (QED) is 0.913. The number of benzene rings is 1. The number of halogens is 1. The Balaban J connectivity index is 2.38. The van der Waals surface area contributed by atoms with Crippen LogP contribution in [-0.2, 0) is 0 Å². The maximum absolute atomic E-state index is 9.54. The molecule has 1 unspecified atom stereocenters. The van der Waals surface area contributed by atoms with E-state index in [1.54, 1.807) is 0 Å². The molecule has 1 saturated heterocycles. The van der Waals surface area contributed by atoms with E-state index < -0.39 is 0 Å². The standard InChI is InChI=1S/C14H17BrN2O/c15-12-6-5-11(9-16)14(8-12)17-7-3-1-2-4-13(17)10-18/h5-6,8,13,18H,1-4,7,10H2. The molecule has 1 fully saturated rings. The van der Waals surface area contributed by atoms with Crippen LogP contribution >= 0.6 is 15.9 Å². The van der Waals surface area contributed by atoms with Crippen LogP contribution in [0.15, 0.2) is 22.7 Å². The highest BCUT2D eigenvalue weighted by Crippen LogP contribution is 2.29. The number of aliphatic hydroxyl groups is 1. The first-order chi connectivity index (χ1) is 8.76. The predicted octanol–water partition coefficient (Wildman–Crippen LogP) is 3.06. The second kappa shape index (κ2) is 6.21. The van der Waals surface area contributed by atoms with Gasteiger partial charge in [0.2, 0.25) is 0 Å². The summed E-state index contributed by atoms with van der Waals surface area (Å²) in [6.45, 7) is 1.06. The van der Waals surface area contributed by atoms with Gasteiger partial charge < -0.3 is 10.0 Å². The molecule has 1 aromatic carbocycles. The van der Waals surface area contributed by atoms with E-state index in [1.165, 1.54) is 6.42 Å². The summed E-state index contributed by atoms with van der Waals surface area (Å²) in [6.07, 6.45) is 4.46. The number of rotatable bonds is 2. The van der Waals surface area contributed by atoms with Gasteiger partial charge in [0.1, 0.15) is 6.07 Å². The molecule has 0 spiro atoms. The fourth-order valence-electron chi connectivity index (χ4n) is 2.52. The molecule has 1 atom stereocenters. The minimum Gasteiger partial charge on any atom is -0.394 e. The fraction of sp³-hybridized carbons (Fsp3) is 0.500. The van der Waals surface area contributed by atoms with E-state index >= 15 is 0 Å². The van der Waals surface area contributed by atoms with E-state index in [1.807, 2.05) is 18.2 Å². The molecule has 0 aliphatic carbocycles. The van der Waals surface area contributed by atoms with Crippen LogP contribution in [0.1, 0.15) is 31.2 Å². The first kappa shape index (κ1) is 13.4. The van der Waals surface area contributed by atoms with Crippen molar-refractivity contribution in [2.45, 2.75) is 31.7 Å². The molecule has 1 N–H and O–H groups in total. The van der Waals surface area contributed by atoms with Crippen LogP contribution in [0.3, 0.4) is 0 Å². The molecule has 1 heterocycles. The van der Waals surface area contributed by atoms with Gasteiger partial charge in [-0.2, -0.15) is 5.26 Å². The smallest absolute Gasteiger partial charge is 0.101 e. The van der Waals surface area contributed by atoms with Gasteiger partial charge >= 0.3 is 0 Å². The van der Waals surface area contributed by atoms with Crippen LogP contribution in [-0.4, -0.2) is 24.3 Å². The van der Waals surface area contributed by atoms with Crippen LogP contribution in [0, 0.1) is 11.3 Å². The second-order valence-electron chi connectivity index (χ2n) is 4.65. The summed E-state index contributed by atoms with van der Waals surface area (Å²) in [4.78, 5) is 2.19. The van der Waals surface area contributed by atoms with E-state index in [0.717, 1.165) is 36.0 Å². The number of aliphatic hydroxyl groups excluding tert-OH is 1. The van der Waals surface area contributed by atoms with Gasteiger partial charge in [-0.25, -0.2) is 0 Å². The van der Waals surface area contributed by atoms with Crippen LogP contribution in [0.5, 0.6) is 0 Å². The van der Waals surface area contributed by atoms with Crippen molar-refractivity contribution in [1.29, 1.82) is 5.26 Å². The molecule has 0 amide bonds. The van der Waals surface area contributed by atoms with Gasteiger partial charge in [-0.05, 0) is 31.0 Å². The van der Waals surface area contributed by atoms with Gasteiger partial charge in [-0.3, -0.25) is 0 Å². The van der Waals surface area contributed by atoms with Crippen molar-refractivity contribution in [3.05, 3.63) is 28.2 Å². The summed E-state index contributed by atoms with van der Waals surface area (Å²) in [7, 11) is 0. The Bertz CT molecular complexity index is 456. The zero-order valence-corrected chi connectivity index (χ0v) is 11.9. The lowest BCUT2D eigenvalue weighted by molar-refractivity contribution is 0.255. The normalized spacial score (nSPS) is 20.3. The highest BCUT2D eigenvalue weighted by molar-refractivity contribution is 9.10. The van der Waals surface area contributed by atoms with E-state index in [9.17, 15) is 10.4 Å². The zero-order valence-electron chi connectivity index (χ0n) is 10.3. The molecule has 0 aromatic heterocycles. The summed E-state index contributed by atoms with van der Waals surface area (Å²) in [5, 5.41) is 18.8. The molecular formula is C14H17BrN2O. The SMILES string of the molecule is N#Cc1ccc(Br)cc1N1CCCCCC1CO. The first-order valence-corrected chi connectivity index (χ1v) is 7.12. The molecule has 1 aliphatic heterocycles. The summed E-state index contributed by atoms with van der Waals surface area (Å²) in [5.74, 6) is 0. The van der Waals surface area contributed by atoms with Crippen LogP contribution in [0.2, 0.25) is 0 Å². The van der Waals surface area contributed by atoms with Crippen molar-refractivity contribution in [3.63, 3.8) is 0 Å². The van der Waals surface area contributed by atoms with Gasteiger partial charge in [0.05, 0.1) is 23.9 Å². The predicted molar refractivity (Wildman–Crippen MR) is 75.5 cm³/mol. The van der Waals surface area contributed by atoms with E-state index in [-0.39, 0.29) is 12.6 Å². The Hall–Kier alpha value is -1.05. The average molecular weight is 309 g/mol. The Kier molecular flexibility index (Phi) is 4.62. The van der Waals surface area contributed by atoms with Crippen LogP contribution in [0.25, 0.3) is 0 Å². The third-order valence-electron chi connectivity index (χ3n) is 3.48. The molecule has 0 radical (unpaired) electrons. The second-order valence-corrected chi connectivity index (χ2v) is 5.57. The average Bonchev–Trinajstić information content (AvgIpc) is 2.63. The number of hydrogen-bond acceptors (Lipinski definition) is 3. The van der Waals surface area contributed by atoms with Crippen molar-refractivity contribution in [3.8, 4) is 6.07 Å². The fourth-order valence-corrected chi connectivity index (χ4v) is 2.87. The molecule has 18 heavy (non-hydrogen) atoms. The molecule has 1 aromatic rings. The van der Waals surface area contributed by atoms with E-state index in [0.29, 0.717) is 5.56 Å². The van der Waals surface area contributed by atoms with E-state index in [2.05, 4.69) is 26.9 Å². The monoisotopic (exact) mass is 308 g/mol. The summed E-state index contributed by atoms with van der Waals surface area (Å²) in [6, 6.07) is 8.07. The first-order valence-electron chi connectivity index (χ1n) is 6.33. The topological polar surface area (TPSA) is 47.3 Å². The van der Waals surface area contributed by atoms with Gasteiger partial charge in [0.25, 0.3) is 0 Å². The maximum Gasteiger partial charge on any atom is 0.101 e. The zero-order chi connectivity index (χ0) is 13.0. The molecule has 3 nitrogen and oxygen atoms in total. The molecule has 0 bridgehead atoms. The minimum absolute atomic E-state index is 0.133. The Labute approximate surface area is 116 Å². The van der Waals surface area contributed by atoms with Crippen molar-refractivity contribution in [2.75, 3.05) is 18.1 Å². The largest absolute Gasteiger partial charge is 0.394 e. The highest BCUT2D eigenvalue weighted by atomic mass is 79.9.